The molecule has 0 aliphatic carbocycles. The smallest absolute Gasteiger partial charge is 0.0157 e. The average Bonchev–Trinajstić information content (AvgIpc) is 1.72. The van der Waals surface area contributed by atoms with Crippen LogP contribution >= 0.6 is 11.8 Å². The first-order chi connectivity index (χ1) is 3.00. The topological polar surface area (TPSA) is 0 Å². The van der Waals surface area contributed by atoms with Crippen LogP contribution in [0.25, 0.3) is 0 Å². The molecule has 0 bridgehead atoms. The molecule has 0 aromatic heterocycles. The minimum absolute atomic E-state index is 0. The average molecular weight is 293 g/mol. The predicted octanol–water partition coefficient (Wildman–Crippen LogP) is 1.80. The first kappa shape index (κ1) is 7.52. The van der Waals surface area contributed by atoms with Crippen LogP contribution in [0.15, 0.2) is 23.6 Å². The van der Waals surface area contributed by atoms with Crippen LogP contribution in [-0.4, -0.2) is 5.75 Å². The summed E-state index contributed by atoms with van der Waals surface area (Å²) < 4.78 is 0. The molecule has 0 N–H and O–H groups in total. The van der Waals surface area contributed by atoms with E-state index < -0.39 is 0 Å². The van der Waals surface area contributed by atoms with E-state index in [9.17, 15) is 0 Å². The van der Waals surface area contributed by atoms with Crippen LogP contribution in [0.3, 0.4) is 0 Å². The zero-order valence-electron chi connectivity index (χ0n) is 3.74. The Bertz CT molecular complexity index is 74.1. The normalized spacial score (nSPS) is 16.0. The minimum Gasteiger partial charge on any atom is -0.130 e. The van der Waals surface area contributed by atoms with Crippen molar-refractivity contribution in [3.63, 3.8) is 0 Å². The molecule has 0 aromatic carbocycles. The van der Waals surface area contributed by atoms with Crippen molar-refractivity contribution in [2.45, 2.75) is 0 Å². The largest absolute Gasteiger partial charge is 0.130 e. The molecule has 0 atom stereocenters. The summed E-state index contributed by atoms with van der Waals surface area (Å²) in [6.07, 6.45) is 6.26. The molecule has 1 aliphatic rings. The van der Waals surface area contributed by atoms with Gasteiger partial charge in [0.15, 0.2) is 0 Å². The third-order valence-corrected chi connectivity index (χ3v) is 1.35. The molecule has 0 aromatic rings. The Morgan fingerprint density at radius 1 is 1.29 bits per heavy atom. The van der Waals surface area contributed by atoms with Crippen LogP contribution in [0.1, 0.15) is 0 Å². The van der Waals surface area contributed by atoms with Crippen molar-refractivity contribution in [3.8, 4) is 0 Å². The number of thioether (sulfide) groups is 1. The fourth-order valence-corrected chi connectivity index (χ4v) is 0.881. The first-order valence-corrected chi connectivity index (χ1v) is 2.98. The van der Waals surface area contributed by atoms with Gasteiger partial charge in [-0.15, -0.1) is 11.8 Å². The van der Waals surface area contributed by atoms with Gasteiger partial charge in [-0.3, -0.25) is 0 Å². The predicted molar refractivity (Wildman–Crippen MR) is 30.7 cm³/mol. The Balaban J connectivity index is 0.000000360. The quantitative estimate of drug-likeness (QED) is 0.656. The summed E-state index contributed by atoms with van der Waals surface area (Å²) in [6, 6.07) is 0. The first-order valence-electron chi connectivity index (χ1n) is 1.93. The summed E-state index contributed by atoms with van der Waals surface area (Å²) in [5.74, 6) is 1.15. The van der Waals surface area contributed by atoms with E-state index in [4.69, 9.17) is 0 Å². The fourth-order valence-electron chi connectivity index (χ4n) is 0.346. The molecule has 7 heavy (non-hydrogen) atoms. The standard InChI is InChI=1S/C5H6S.Pt/c1-2-4-6-5-3-1;/h1-4H,5H2;. The molecule has 0 saturated carbocycles. The van der Waals surface area contributed by atoms with Gasteiger partial charge in [0.05, 0.1) is 0 Å². The Kier molecular flexibility index (Phi) is 5.02. The van der Waals surface area contributed by atoms with Gasteiger partial charge in [0.1, 0.15) is 0 Å². The molecule has 0 saturated heterocycles. The summed E-state index contributed by atoms with van der Waals surface area (Å²) in [4.78, 5) is 0. The zero-order chi connectivity index (χ0) is 4.24. The van der Waals surface area contributed by atoms with E-state index in [1.165, 1.54) is 0 Å². The van der Waals surface area contributed by atoms with Crippen molar-refractivity contribution in [1.29, 1.82) is 0 Å². The van der Waals surface area contributed by atoms with Gasteiger partial charge in [0, 0.05) is 26.8 Å². The van der Waals surface area contributed by atoms with Crippen LogP contribution in [0.5, 0.6) is 0 Å². The second kappa shape index (κ2) is 4.67. The van der Waals surface area contributed by atoms with Gasteiger partial charge in [0.2, 0.25) is 0 Å². The maximum atomic E-state index is 2.14. The molecule has 0 spiro atoms. The fraction of sp³-hybridized carbons (Fsp3) is 0.200. The zero-order valence-corrected chi connectivity index (χ0v) is 6.83. The molecule has 0 fully saturated rings. The van der Waals surface area contributed by atoms with Crippen molar-refractivity contribution >= 4 is 11.8 Å². The summed E-state index contributed by atoms with van der Waals surface area (Å²) in [5.41, 5.74) is 0. The Hall–Kier alpha value is 0.518. The van der Waals surface area contributed by atoms with Crippen LogP contribution in [0, 0.1) is 0 Å². The van der Waals surface area contributed by atoms with Gasteiger partial charge in [0.25, 0.3) is 0 Å². The summed E-state index contributed by atoms with van der Waals surface area (Å²) >= 11 is 1.83. The van der Waals surface area contributed by atoms with Gasteiger partial charge in [-0.2, -0.15) is 0 Å². The summed E-state index contributed by atoms with van der Waals surface area (Å²) in [7, 11) is 0. The van der Waals surface area contributed by atoms with Crippen LogP contribution in [0.4, 0.5) is 0 Å². The Morgan fingerprint density at radius 2 is 2.14 bits per heavy atom. The molecular weight excluding hydrogens is 287 g/mol. The van der Waals surface area contributed by atoms with Crippen molar-refractivity contribution in [2.75, 3.05) is 5.75 Å². The van der Waals surface area contributed by atoms with Gasteiger partial charge in [-0.1, -0.05) is 18.2 Å². The van der Waals surface area contributed by atoms with Gasteiger partial charge in [-0.25, -0.2) is 0 Å². The number of hydrogen-bond acceptors (Lipinski definition) is 1. The summed E-state index contributed by atoms with van der Waals surface area (Å²) in [6.45, 7) is 0. The molecule has 42 valence electrons. The molecule has 0 unspecified atom stereocenters. The Labute approximate surface area is 62.3 Å². The molecule has 1 heterocycles. The van der Waals surface area contributed by atoms with E-state index >= 15 is 0 Å². The van der Waals surface area contributed by atoms with Crippen molar-refractivity contribution in [1.82, 2.24) is 0 Å². The van der Waals surface area contributed by atoms with Crippen molar-refractivity contribution < 1.29 is 21.1 Å². The van der Waals surface area contributed by atoms with E-state index in [-0.39, 0.29) is 21.1 Å². The molecular formula is C5H6PtS. The second-order valence-electron chi connectivity index (χ2n) is 1.09. The SMILES string of the molecule is C1=CCSC=C1.[Pt]. The van der Waals surface area contributed by atoms with Gasteiger partial charge < -0.3 is 0 Å². The third-order valence-electron chi connectivity index (χ3n) is 0.614. The van der Waals surface area contributed by atoms with E-state index in [1.54, 1.807) is 0 Å². The third kappa shape index (κ3) is 3.13. The van der Waals surface area contributed by atoms with E-state index in [1.807, 2.05) is 17.8 Å². The van der Waals surface area contributed by atoms with Crippen LogP contribution < -0.4 is 0 Å². The molecule has 0 radical (unpaired) electrons. The van der Waals surface area contributed by atoms with Gasteiger partial charge >= 0.3 is 0 Å². The van der Waals surface area contributed by atoms with Crippen molar-refractivity contribution in [2.24, 2.45) is 0 Å². The van der Waals surface area contributed by atoms with Gasteiger partial charge in [-0.05, 0) is 5.41 Å². The molecule has 0 nitrogen and oxygen atoms in total. The van der Waals surface area contributed by atoms with E-state index in [2.05, 4.69) is 17.6 Å². The van der Waals surface area contributed by atoms with Crippen LogP contribution in [0.2, 0.25) is 0 Å². The summed E-state index contributed by atoms with van der Waals surface area (Å²) in [5, 5.41) is 2.10. The molecule has 1 rings (SSSR count). The molecule has 1 aliphatic heterocycles. The van der Waals surface area contributed by atoms with Crippen molar-refractivity contribution in [3.05, 3.63) is 23.6 Å². The van der Waals surface area contributed by atoms with E-state index in [0.717, 1.165) is 5.75 Å². The maximum absolute atomic E-state index is 2.14. The Morgan fingerprint density at radius 3 is 2.29 bits per heavy atom. The minimum atomic E-state index is 0. The maximum Gasteiger partial charge on any atom is 0.0157 e. The number of hydrogen-bond donors (Lipinski definition) is 0. The molecule has 2 heteroatoms. The van der Waals surface area contributed by atoms with Crippen LogP contribution in [-0.2, 0) is 21.1 Å². The second-order valence-corrected chi connectivity index (χ2v) is 2.03. The number of allylic oxidation sites excluding steroid dienone is 2. The number of rotatable bonds is 0. The monoisotopic (exact) mass is 293 g/mol. The van der Waals surface area contributed by atoms with E-state index in [0.29, 0.717) is 0 Å². The molecule has 0 amide bonds.